The molecular weight excluding hydrogens is 352 g/mol. The van der Waals surface area contributed by atoms with Crippen molar-refractivity contribution in [2.24, 2.45) is 0 Å². The second kappa shape index (κ2) is 8.91. The fourth-order valence-electron chi connectivity index (χ4n) is 2.43. The van der Waals surface area contributed by atoms with E-state index in [4.69, 9.17) is 9.47 Å². The average molecular weight is 372 g/mol. The van der Waals surface area contributed by atoms with Gasteiger partial charge >= 0.3 is 11.7 Å². The molecular formula is C19H20N2O6. The zero-order chi connectivity index (χ0) is 19.9. The van der Waals surface area contributed by atoms with Crippen molar-refractivity contribution in [1.29, 1.82) is 0 Å². The molecule has 2 rings (SSSR count). The summed E-state index contributed by atoms with van der Waals surface area (Å²) in [7, 11) is 1.64. The zero-order valence-electron chi connectivity index (χ0n) is 15.0. The predicted molar refractivity (Wildman–Crippen MR) is 97.9 cm³/mol. The molecule has 0 spiro atoms. The Bertz CT molecular complexity index is 824. The molecule has 2 aromatic rings. The van der Waals surface area contributed by atoms with Crippen molar-refractivity contribution in [2.45, 2.75) is 19.3 Å². The molecule has 0 aliphatic carbocycles. The third-order valence-corrected chi connectivity index (χ3v) is 3.82. The summed E-state index contributed by atoms with van der Waals surface area (Å²) in [6, 6.07) is 14.6. The highest BCUT2D eigenvalue weighted by Gasteiger charge is 2.62. The highest BCUT2D eigenvalue weighted by Crippen LogP contribution is 2.25. The molecule has 1 unspecified atom stereocenters. The Labute approximate surface area is 156 Å². The quantitative estimate of drug-likeness (QED) is 0.180. The molecule has 2 aromatic carbocycles. The lowest BCUT2D eigenvalue weighted by Gasteiger charge is -2.22. The standard InChI is InChI=1S/C19H20N2O6/c1-3-26-18(23)19(21(24)25,27-13-14-8-5-4-6-9-14)17(22)15-10-7-11-16(12-15)20-2/h4-12,20H,3,13H2,1-2H3. The number of nitrogens with zero attached hydrogens (tertiary/aromatic N) is 1. The van der Waals surface area contributed by atoms with Gasteiger partial charge in [-0.25, -0.2) is 4.79 Å². The number of carbonyl (C=O) groups is 2. The van der Waals surface area contributed by atoms with Gasteiger partial charge < -0.3 is 10.1 Å². The molecule has 1 N–H and O–H groups in total. The van der Waals surface area contributed by atoms with E-state index in [1.165, 1.54) is 19.1 Å². The lowest BCUT2D eigenvalue weighted by atomic mass is 10.00. The van der Waals surface area contributed by atoms with E-state index in [-0.39, 0.29) is 18.8 Å². The summed E-state index contributed by atoms with van der Waals surface area (Å²) in [6.45, 7) is 1.05. The first-order valence-electron chi connectivity index (χ1n) is 8.28. The van der Waals surface area contributed by atoms with Gasteiger partial charge in [0.05, 0.1) is 18.1 Å². The smallest absolute Gasteiger partial charge is 0.458 e. The molecule has 0 amide bonds. The third-order valence-electron chi connectivity index (χ3n) is 3.82. The molecule has 0 aliphatic heterocycles. The van der Waals surface area contributed by atoms with Gasteiger partial charge in [-0.3, -0.25) is 19.6 Å². The van der Waals surface area contributed by atoms with Crippen LogP contribution in [0, 0.1) is 10.1 Å². The Hall–Kier alpha value is -3.26. The van der Waals surface area contributed by atoms with Gasteiger partial charge in [0.2, 0.25) is 0 Å². The van der Waals surface area contributed by atoms with Crippen molar-refractivity contribution in [3.63, 3.8) is 0 Å². The third kappa shape index (κ3) is 4.29. The number of anilines is 1. The molecule has 0 aromatic heterocycles. The number of hydrogen-bond donors (Lipinski definition) is 1. The van der Waals surface area contributed by atoms with Crippen LogP contribution in [0.4, 0.5) is 5.69 Å². The summed E-state index contributed by atoms with van der Waals surface area (Å²) in [5, 5.41) is 14.7. The number of nitro groups is 1. The maximum Gasteiger partial charge on any atom is 0.486 e. The highest BCUT2D eigenvalue weighted by molar-refractivity contribution is 6.14. The summed E-state index contributed by atoms with van der Waals surface area (Å²) in [4.78, 5) is 36.3. The molecule has 142 valence electrons. The number of ketones is 1. The molecule has 8 heteroatoms. The van der Waals surface area contributed by atoms with Crippen molar-refractivity contribution < 1.29 is 24.0 Å². The number of esters is 1. The predicted octanol–water partition coefficient (Wildman–Crippen LogP) is 2.66. The van der Waals surface area contributed by atoms with Crippen LogP contribution < -0.4 is 5.32 Å². The van der Waals surface area contributed by atoms with Crippen LogP contribution in [-0.2, 0) is 20.9 Å². The second-order valence-electron chi connectivity index (χ2n) is 5.56. The van der Waals surface area contributed by atoms with Crippen molar-refractivity contribution in [2.75, 3.05) is 19.0 Å². The molecule has 8 nitrogen and oxygen atoms in total. The van der Waals surface area contributed by atoms with Gasteiger partial charge in [0.15, 0.2) is 0 Å². The summed E-state index contributed by atoms with van der Waals surface area (Å²) < 4.78 is 10.2. The first kappa shape index (κ1) is 20.1. The van der Waals surface area contributed by atoms with E-state index >= 15 is 0 Å². The minimum atomic E-state index is -2.99. The van der Waals surface area contributed by atoms with Gasteiger partial charge in [0.25, 0.3) is 5.78 Å². The molecule has 0 saturated carbocycles. The number of carbonyl (C=O) groups excluding carboxylic acids is 2. The van der Waals surface area contributed by atoms with Crippen molar-refractivity contribution in [3.05, 3.63) is 75.8 Å². The molecule has 0 heterocycles. The molecule has 0 aliphatic rings. The number of benzene rings is 2. The van der Waals surface area contributed by atoms with E-state index in [0.717, 1.165) is 0 Å². The SMILES string of the molecule is CCOC(=O)C(OCc1ccccc1)(C(=O)c1cccc(NC)c1)[N+](=O)[O-]. The minimum absolute atomic E-state index is 0.0420. The van der Waals surface area contributed by atoms with E-state index in [1.807, 2.05) is 0 Å². The van der Waals surface area contributed by atoms with Crippen LogP contribution in [0.5, 0.6) is 0 Å². The summed E-state index contributed by atoms with van der Waals surface area (Å²) >= 11 is 0. The van der Waals surface area contributed by atoms with Crippen molar-refractivity contribution in [1.82, 2.24) is 0 Å². The lowest BCUT2D eigenvalue weighted by Crippen LogP contribution is -2.56. The first-order valence-corrected chi connectivity index (χ1v) is 8.28. The fraction of sp³-hybridized carbons (Fsp3) is 0.263. The molecule has 0 fully saturated rings. The maximum atomic E-state index is 13.0. The van der Waals surface area contributed by atoms with E-state index in [9.17, 15) is 19.7 Å². The van der Waals surface area contributed by atoms with Gasteiger partial charge in [0.1, 0.15) is 0 Å². The normalized spacial score (nSPS) is 12.7. The van der Waals surface area contributed by atoms with E-state index in [1.54, 1.807) is 49.5 Å². The molecule has 0 bridgehead atoms. The Kier molecular flexibility index (Phi) is 6.62. The molecule has 1 atom stereocenters. The van der Waals surface area contributed by atoms with Crippen LogP contribution in [0.3, 0.4) is 0 Å². The number of nitrogens with one attached hydrogen (secondary N) is 1. The van der Waals surface area contributed by atoms with Crippen LogP contribution in [0.25, 0.3) is 0 Å². The summed E-state index contributed by atoms with van der Waals surface area (Å²) in [6.07, 6.45) is 0. The van der Waals surface area contributed by atoms with E-state index in [0.29, 0.717) is 11.3 Å². The van der Waals surface area contributed by atoms with Crippen LogP contribution in [0.2, 0.25) is 0 Å². The number of hydrogen-bond acceptors (Lipinski definition) is 7. The van der Waals surface area contributed by atoms with E-state index in [2.05, 4.69) is 5.32 Å². The molecule has 0 saturated heterocycles. The van der Waals surface area contributed by atoms with Crippen molar-refractivity contribution >= 4 is 17.4 Å². The highest BCUT2D eigenvalue weighted by atomic mass is 16.7. The minimum Gasteiger partial charge on any atom is -0.458 e. The Balaban J connectivity index is 2.47. The maximum absolute atomic E-state index is 13.0. The molecule has 0 radical (unpaired) electrons. The monoisotopic (exact) mass is 372 g/mol. The number of ether oxygens (including phenoxy) is 2. The summed E-state index contributed by atoms with van der Waals surface area (Å²) in [5.41, 5.74) is -1.90. The van der Waals surface area contributed by atoms with Crippen LogP contribution in [-0.4, -0.2) is 36.1 Å². The van der Waals surface area contributed by atoms with Gasteiger partial charge in [-0.1, -0.05) is 42.5 Å². The number of rotatable bonds is 9. The van der Waals surface area contributed by atoms with Gasteiger partial charge in [0, 0.05) is 18.3 Å². The first-order chi connectivity index (χ1) is 13.0. The second-order valence-corrected chi connectivity index (χ2v) is 5.56. The van der Waals surface area contributed by atoms with Crippen molar-refractivity contribution in [3.8, 4) is 0 Å². The van der Waals surface area contributed by atoms with Crippen LogP contribution in [0.15, 0.2) is 54.6 Å². The average Bonchev–Trinajstić information content (AvgIpc) is 2.69. The number of Topliss-reactive ketones (excluding diaryl/α,β-unsaturated/α-hetero) is 1. The fourth-order valence-corrected chi connectivity index (χ4v) is 2.43. The largest absolute Gasteiger partial charge is 0.486 e. The lowest BCUT2D eigenvalue weighted by molar-refractivity contribution is -0.592. The topological polar surface area (TPSA) is 108 Å². The zero-order valence-corrected chi connectivity index (χ0v) is 15.0. The van der Waals surface area contributed by atoms with Gasteiger partial charge in [-0.15, -0.1) is 0 Å². The van der Waals surface area contributed by atoms with Gasteiger partial charge in [-0.05, 0) is 24.6 Å². The Morgan fingerprint density at radius 1 is 1.15 bits per heavy atom. The molecule has 27 heavy (non-hydrogen) atoms. The van der Waals surface area contributed by atoms with Crippen LogP contribution >= 0.6 is 0 Å². The Morgan fingerprint density at radius 2 is 1.85 bits per heavy atom. The van der Waals surface area contributed by atoms with Gasteiger partial charge in [-0.2, -0.15) is 0 Å². The van der Waals surface area contributed by atoms with E-state index < -0.39 is 22.4 Å². The summed E-state index contributed by atoms with van der Waals surface area (Å²) in [5.74, 6) is -2.45. The Morgan fingerprint density at radius 3 is 2.44 bits per heavy atom. The van der Waals surface area contributed by atoms with Crippen LogP contribution in [0.1, 0.15) is 22.8 Å².